The maximum absolute atomic E-state index is 5.71. The summed E-state index contributed by atoms with van der Waals surface area (Å²) in [6.07, 6.45) is 5.70. The molecule has 2 heterocycles. The van der Waals surface area contributed by atoms with Gasteiger partial charge in [0, 0.05) is 25.3 Å². The first-order valence-electron chi connectivity index (χ1n) is 4.75. The lowest BCUT2D eigenvalue weighted by atomic mass is 10.2. The molecule has 14 heavy (non-hydrogen) atoms. The van der Waals surface area contributed by atoms with Gasteiger partial charge in [-0.05, 0) is 28.8 Å². The van der Waals surface area contributed by atoms with E-state index in [0.717, 1.165) is 23.3 Å². The van der Waals surface area contributed by atoms with Crippen molar-refractivity contribution in [2.75, 3.05) is 18.0 Å². The molecule has 1 aliphatic heterocycles. The first-order chi connectivity index (χ1) is 6.83. The van der Waals surface area contributed by atoms with Crippen LogP contribution < -0.4 is 10.6 Å². The van der Waals surface area contributed by atoms with Crippen LogP contribution in [0.2, 0.25) is 0 Å². The van der Waals surface area contributed by atoms with Gasteiger partial charge in [0.25, 0.3) is 0 Å². The van der Waals surface area contributed by atoms with Crippen molar-refractivity contribution in [2.45, 2.75) is 18.9 Å². The van der Waals surface area contributed by atoms with E-state index in [1.165, 1.54) is 6.42 Å². The van der Waals surface area contributed by atoms with E-state index in [2.05, 4.69) is 30.8 Å². The Morgan fingerprint density at radius 2 is 2.50 bits per heavy atom. The number of rotatable bonds is 2. The molecule has 0 aromatic carbocycles. The van der Waals surface area contributed by atoms with Crippen molar-refractivity contribution >= 4 is 21.7 Å². The number of halogens is 1. The molecule has 1 saturated heterocycles. The van der Waals surface area contributed by atoms with E-state index in [9.17, 15) is 0 Å². The molecule has 2 N–H and O–H groups in total. The average Bonchev–Trinajstić information content (AvgIpc) is 2.66. The maximum Gasteiger partial charge on any atom is 0.146 e. The molecule has 1 unspecified atom stereocenters. The highest BCUT2D eigenvalue weighted by Crippen LogP contribution is 2.28. The third-order valence-corrected chi connectivity index (χ3v) is 3.13. The third kappa shape index (κ3) is 1.74. The van der Waals surface area contributed by atoms with Gasteiger partial charge < -0.3 is 10.6 Å². The van der Waals surface area contributed by atoms with Gasteiger partial charge in [-0.25, -0.2) is 9.97 Å². The average molecular weight is 257 g/mol. The van der Waals surface area contributed by atoms with Crippen LogP contribution in [-0.4, -0.2) is 29.1 Å². The molecule has 5 heteroatoms. The van der Waals surface area contributed by atoms with Gasteiger partial charge in [0.05, 0.1) is 4.47 Å². The second kappa shape index (κ2) is 4.23. The van der Waals surface area contributed by atoms with Crippen LogP contribution >= 0.6 is 15.9 Å². The van der Waals surface area contributed by atoms with Crippen LogP contribution in [0, 0.1) is 0 Å². The molecule has 0 bridgehead atoms. The second-order valence-corrected chi connectivity index (χ2v) is 4.27. The highest BCUT2D eigenvalue weighted by atomic mass is 79.9. The molecule has 4 nitrogen and oxygen atoms in total. The minimum Gasteiger partial charge on any atom is -0.351 e. The van der Waals surface area contributed by atoms with Crippen molar-refractivity contribution in [1.29, 1.82) is 0 Å². The van der Waals surface area contributed by atoms with Crippen LogP contribution in [0.5, 0.6) is 0 Å². The van der Waals surface area contributed by atoms with Gasteiger partial charge in [0.2, 0.25) is 0 Å². The monoisotopic (exact) mass is 256 g/mol. The fourth-order valence-electron chi connectivity index (χ4n) is 1.88. The quantitative estimate of drug-likeness (QED) is 0.864. The van der Waals surface area contributed by atoms with Gasteiger partial charge in [-0.2, -0.15) is 0 Å². The molecule has 0 amide bonds. The van der Waals surface area contributed by atoms with E-state index in [1.54, 1.807) is 12.5 Å². The fourth-order valence-corrected chi connectivity index (χ4v) is 2.33. The van der Waals surface area contributed by atoms with Gasteiger partial charge in [0.15, 0.2) is 0 Å². The molecule has 0 aliphatic carbocycles. The molecule has 0 radical (unpaired) electrons. The van der Waals surface area contributed by atoms with E-state index >= 15 is 0 Å². The zero-order chi connectivity index (χ0) is 9.97. The Balaban J connectivity index is 2.26. The maximum atomic E-state index is 5.71. The summed E-state index contributed by atoms with van der Waals surface area (Å²) in [5.74, 6) is 0.966. The topological polar surface area (TPSA) is 55.0 Å². The summed E-state index contributed by atoms with van der Waals surface area (Å²) in [7, 11) is 0. The lowest BCUT2D eigenvalue weighted by Crippen LogP contribution is -2.36. The summed E-state index contributed by atoms with van der Waals surface area (Å²) < 4.78 is 0.945. The predicted octanol–water partition coefficient (Wildman–Crippen LogP) is 1.17. The molecule has 0 saturated carbocycles. The number of nitrogens with two attached hydrogens (primary N) is 1. The number of nitrogens with zero attached hydrogens (tertiary/aromatic N) is 3. The number of aromatic nitrogens is 2. The summed E-state index contributed by atoms with van der Waals surface area (Å²) in [5, 5.41) is 0. The SMILES string of the molecule is NCC1CCCN1c1ncncc1Br. The van der Waals surface area contributed by atoms with E-state index in [-0.39, 0.29) is 0 Å². The second-order valence-electron chi connectivity index (χ2n) is 3.42. The Hall–Kier alpha value is -0.680. The molecule has 1 fully saturated rings. The number of hydrogen-bond donors (Lipinski definition) is 1. The van der Waals surface area contributed by atoms with Crippen LogP contribution in [0.1, 0.15) is 12.8 Å². The summed E-state index contributed by atoms with van der Waals surface area (Å²) in [5.41, 5.74) is 5.71. The van der Waals surface area contributed by atoms with Crippen molar-refractivity contribution in [3.8, 4) is 0 Å². The molecule has 0 spiro atoms. The van der Waals surface area contributed by atoms with Crippen molar-refractivity contribution < 1.29 is 0 Å². The summed E-state index contributed by atoms with van der Waals surface area (Å²) in [6, 6.07) is 0.432. The van der Waals surface area contributed by atoms with Gasteiger partial charge in [-0.3, -0.25) is 0 Å². The van der Waals surface area contributed by atoms with Crippen LogP contribution in [0.25, 0.3) is 0 Å². The van der Waals surface area contributed by atoms with Gasteiger partial charge in [0.1, 0.15) is 12.1 Å². The molecular weight excluding hydrogens is 244 g/mol. The van der Waals surface area contributed by atoms with E-state index in [4.69, 9.17) is 5.73 Å². The zero-order valence-corrected chi connectivity index (χ0v) is 9.44. The van der Waals surface area contributed by atoms with Crippen molar-refractivity contribution in [3.05, 3.63) is 17.0 Å². The molecule has 76 valence electrons. The minimum atomic E-state index is 0.432. The van der Waals surface area contributed by atoms with Crippen LogP contribution in [-0.2, 0) is 0 Å². The zero-order valence-electron chi connectivity index (χ0n) is 7.86. The Labute approximate surface area is 91.7 Å². The van der Waals surface area contributed by atoms with Crippen molar-refractivity contribution in [2.24, 2.45) is 5.73 Å². The van der Waals surface area contributed by atoms with Gasteiger partial charge >= 0.3 is 0 Å². The Morgan fingerprint density at radius 1 is 1.64 bits per heavy atom. The van der Waals surface area contributed by atoms with Crippen LogP contribution in [0.4, 0.5) is 5.82 Å². The number of anilines is 1. The fraction of sp³-hybridized carbons (Fsp3) is 0.556. The largest absolute Gasteiger partial charge is 0.351 e. The van der Waals surface area contributed by atoms with Crippen molar-refractivity contribution in [1.82, 2.24) is 9.97 Å². The molecule has 2 rings (SSSR count). The Bertz CT molecular complexity index is 317. The first-order valence-corrected chi connectivity index (χ1v) is 5.54. The highest BCUT2D eigenvalue weighted by Gasteiger charge is 2.25. The minimum absolute atomic E-state index is 0.432. The standard InChI is InChI=1S/C9H13BrN4/c10-8-5-12-6-13-9(8)14-3-1-2-7(14)4-11/h5-7H,1-4,11H2. The Kier molecular flexibility index (Phi) is 2.98. The van der Waals surface area contributed by atoms with Gasteiger partial charge in [-0.15, -0.1) is 0 Å². The summed E-state index contributed by atoms with van der Waals surface area (Å²) in [6.45, 7) is 1.73. The van der Waals surface area contributed by atoms with Crippen LogP contribution in [0.3, 0.4) is 0 Å². The highest BCUT2D eigenvalue weighted by molar-refractivity contribution is 9.10. The Morgan fingerprint density at radius 3 is 3.21 bits per heavy atom. The summed E-state index contributed by atoms with van der Waals surface area (Å²) >= 11 is 3.46. The molecule has 1 aromatic rings. The van der Waals surface area contributed by atoms with E-state index < -0.39 is 0 Å². The summed E-state index contributed by atoms with van der Waals surface area (Å²) in [4.78, 5) is 10.5. The van der Waals surface area contributed by atoms with E-state index in [1.807, 2.05) is 0 Å². The van der Waals surface area contributed by atoms with Crippen molar-refractivity contribution in [3.63, 3.8) is 0 Å². The predicted molar refractivity (Wildman–Crippen MR) is 59.2 cm³/mol. The first kappa shape index (κ1) is 9.86. The molecule has 1 aliphatic rings. The van der Waals surface area contributed by atoms with Crippen LogP contribution in [0.15, 0.2) is 17.0 Å². The lowest BCUT2D eigenvalue weighted by Gasteiger charge is -2.24. The molecular formula is C9H13BrN4. The smallest absolute Gasteiger partial charge is 0.146 e. The number of hydrogen-bond acceptors (Lipinski definition) is 4. The van der Waals surface area contributed by atoms with Gasteiger partial charge in [-0.1, -0.05) is 0 Å². The lowest BCUT2D eigenvalue weighted by molar-refractivity contribution is 0.669. The third-order valence-electron chi connectivity index (χ3n) is 2.57. The normalized spacial score (nSPS) is 21.6. The molecule has 1 atom stereocenters. The van der Waals surface area contributed by atoms with E-state index in [0.29, 0.717) is 12.6 Å². The molecule has 1 aromatic heterocycles.